The second-order valence-electron chi connectivity index (χ2n) is 5.34. The molecule has 6 heteroatoms. The number of methoxy groups -OCH3 is 1. The van der Waals surface area contributed by atoms with Gasteiger partial charge in [-0.3, -0.25) is 0 Å². The number of nitrogens with one attached hydrogen (secondary N) is 1. The third-order valence-electron chi connectivity index (χ3n) is 2.88. The van der Waals surface area contributed by atoms with Gasteiger partial charge >= 0.3 is 6.18 Å². The summed E-state index contributed by atoms with van der Waals surface area (Å²) in [6.07, 6.45) is -5.41. The first-order chi connectivity index (χ1) is 9.15. The van der Waals surface area contributed by atoms with E-state index in [1.54, 1.807) is 7.11 Å². The molecular formula is C14H20F3NO2. The predicted molar refractivity (Wildman–Crippen MR) is 70.4 cm³/mol. The summed E-state index contributed by atoms with van der Waals surface area (Å²) < 4.78 is 42.8. The van der Waals surface area contributed by atoms with Crippen LogP contribution in [0.2, 0.25) is 0 Å². The zero-order valence-electron chi connectivity index (χ0n) is 11.8. The van der Waals surface area contributed by atoms with Gasteiger partial charge in [-0.25, -0.2) is 0 Å². The number of rotatable bonds is 6. The van der Waals surface area contributed by atoms with Crippen LogP contribution in [0.3, 0.4) is 0 Å². The maximum Gasteiger partial charge on any atom is 0.416 e. The predicted octanol–water partition coefficient (Wildman–Crippen LogP) is 2.75. The Balaban J connectivity index is 2.71. The molecule has 0 saturated heterocycles. The molecule has 0 fully saturated rings. The van der Waals surface area contributed by atoms with Gasteiger partial charge in [0.05, 0.1) is 18.3 Å². The standard InChI is InChI=1S/C14H20F3NO2/c1-13(2,9-20-3)18-8-12(19)10-5-4-6-11(7-10)14(15,16)17/h4-7,12,18-19H,8-9H2,1-3H3. The Morgan fingerprint density at radius 3 is 2.50 bits per heavy atom. The van der Waals surface area contributed by atoms with E-state index in [0.717, 1.165) is 12.1 Å². The first kappa shape index (κ1) is 16.9. The van der Waals surface area contributed by atoms with Crippen molar-refractivity contribution in [3.63, 3.8) is 0 Å². The quantitative estimate of drug-likeness (QED) is 0.847. The minimum absolute atomic E-state index is 0.150. The van der Waals surface area contributed by atoms with Gasteiger partial charge in [-0.1, -0.05) is 12.1 Å². The summed E-state index contributed by atoms with van der Waals surface area (Å²) in [5, 5.41) is 13.0. The van der Waals surface area contributed by atoms with E-state index in [2.05, 4.69) is 5.32 Å². The van der Waals surface area contributed by atoms with E-state index in [1.165, 1.54) is 12.1 Å². The average Bonchev–Trinajstić information content (AvgIpc) is 2.35. The Labute approximate surface area is 116 Å². The number of alkyl halides is 3. The first-order valence-corrected chi connectivity index (χ1v) is 6.25. The Morgan fingerprint density at radius 1 is 1.30 bits per heavy atom. The summed E-state index contributed by atoms with van der Waals surface area (Å²) in [7, 11) is 1.56. The van der Waals surface area contributed by atoms with Gasteiger partial charge in [0.2, 0.25) is 0 Å². The number of hydrogen-bond donors (Lipinski definition) is 2. The van der Waals surface area contributed by atoms with Gasteiger partial charge in [-0.2, -0.15) is 13.2 Å². The fourth-order valence-corrected chi connectivity index (χ4v) is 1.82. The number of β-amino-alcohol motifs (C(OH)–C–C–N with tert-alkyl or cyclic N) is 1. The third-order valence-corrected chi connectivity index (χ3v) is 2.88. The first-order valence-electron chi connectivity index (χ1n) is 6.25. The molecule has 1 aromatic carbocycles. The SMILES string of the molecule is COCC(C)(C)NCC(O)c1cccc(C(F)(F)F)c1. The fourth-order valence-electron chi connectivity index (χ4n) is 1.82. The van der Waals surface area contributed by atoms with Gasteiger partial charge in [0.25, 0.3) is 0 Å². The number of hydrogen-bond acceptors (Lipinski definition) is 3. The summed E-state index contributed by atoms with van der Waals surface area (Å²) in [5.74, 6) is 0. The molecule has 0 radical (unpaired) electrons. The zero-order chi connectivity index (χ0) is 15.4. The zero-order valence-corrected chi connectivity index (χ0v) is 11.8. The van der Waals surface area contributed by atoms with Crippen LogP contribution in [0.15, 0.2) is 24.3 Å². The van der Waals surface area contributed by atoms with Gasteiger partial charge in [0, 0.05) is 19.2 Å². The van der Waals surface area contributed by atoms with Crippen LogP contribution in [0.5, 0.6) is 0 Å². The van der Waals surface area contributed by atoms with Crippen LogP contribution in [0.1, 0.15) is 31.1 Å². The normalized spacial score (nSPS) is 14.3. The van der Waals surface area contributed by atoms with Crippen LogP contribution in [0.4, 0.5) is 13.2 Å². The number of aliphatic hydroxyl groups is 1. The fraction of sp³-hybridized carbons (Fsp3) is 0.571. The van der Waals surface area contributed by atoms with Crippen molar-refractivity contribution in [2.24, 2.45) is 0 Å². The minimum Gasteiger partial charge on any atom is -0.387 e. The van der Waals surface area contributed by atoms with E-state index in [1.807, 2.05) is 13.8 Å². The van der Waals surface area contributed by atoms with E-state index in [-0.39, 0.29) is 17.6 Å². The van der Waals surface area contributed by atoms with Gasteiger partial charge in [-0.15, -0.1) is 0 Å². The summed E-state index contributed by atoms with van der Waals surface area (Å²) in [6, 6.07) is 4.72. The lowest BCUT2D eigenvalue weighted by atomic mass is 10.0. The number of halogens is 3. The highest BCUT2D eigenvalue weighted by Gasteiger charge is 2.31. The topological polar surface area (TPSA) is 41.5 Å². The summed E-state index contributed by atoms with van der Waals surface area (Å²) >= 11 is 0. The Kier molecular flexibility index (Phi) is 5.56. The molecule has 0 aromatic heterocycles. The van der Waals surface area contributed by atoms with Crippen molar-refractivity contribution in [1.82, 2.24) is 5.32 Å². The lowest BCUT2D eigenvalue weighted by Crippen LogP contribution is -2.45. The van der Waals surface area contributed by atoms with Crippen molar-refractivity contribution in [2.45, 2.75) is 31.7 Å². The molecular weight excluding hydrogens is 271 g/mol. The molecule has 1 aromatic rings. The van der Waals surface area contributed by atoms with Crippen molar-refractivity contribution < 1.29 is 23.0 Å². The lowest BCUT2D eigenvalue weighted by molar-refractivity contribution is -0.137. The maximum absolute atomic E-state index is 12.6. The van der Waals surface area contributed by atoms with Crippen LogP contribution in [0.25, 0.3) is 0 Å². The molecule has 0 aliphatic rings. The van der Waals surface area contributed by atoms with Crippen LogP contribution in [-0.2, 0) is 10.9 Å². The summed E-state index contributed by atoms with van der Waals surface area (Å²) in [6.45, 7) is 4.35. The largest absolute Gasteiger partial charge is 0.416 e. The molecule has 1 rings (SSSR count). The highest BCUT2D eigenvalue weighted by Crippen LogP contribution is 2.30. The maximum atomic E-state index is 12.6. The molecule has 0 amide bonds. The molecule has 0 saturated carbocycles. The Bertz CT molecular complexity index is 433. The molecule has 0 heterocycles. The molecule has 114 valence electrons. The second kappa shape index (κ2) is 6.56. The van der Waals surface area contributed by atoms with Crippen LogP contribution < -0.4 is 5.32 Å². The molecule has 0 bridgehead atoms. The van der Waals surface area contributed by atoms with Gasteiger partial charge in [0.1, 0.15) is 0 Å². The average molecular weight is 291 g/mol. The smallest absolute Gasteiger partial charge is 0.387 e. The number of aliphatic hydroxyl groups excluding tert-OH is 1. The van der Waals surface area contributed by atoms with Crippen molar-refractivity contribution in [3.05, 3.63) is 35.4 Å². The lowest BCUT2D eigenvalue weighted by Gasteiger charge is -2.27. The Hall–Kier alpha value is -1.11. The van der Waals surface area contributed by atoms with E-state index in [4.69, 9.17) is 4.74 Å². The molecule has 2 N–H and O–H groups in total. The number of benzene rings is 1. The highest BCUT2D eigenvalue weighted by molar-refractivity contribution is 5.27. The van der Waals surface area contributed by atoms with Crippen molar-refractivity contribution in [1.29, 1.82) is 0 Å². The molecule has 20 heavy (non-hydrogen) atoms. The van der Waals surface area contributed by atoms with E-state index in [9.17, 15) is 18.3 Å². The molecule has 0 spiro atoms. The monoisotopic (exact) mass is 291 g/mol. The second-order valence-corrected chi connectivity index (χ2v) is 5.34. The van der Waals surface area contributed by atoms with Crippen molar-refractivity contribution in [3.8, 4) is 0 Å². The Morgan fingerprint density at radius 2 is 1.95 bits per heavy atom. The summed E-state index contributed by atoms with van der Waals surface area (Å²) in [4.78, 5) is 0. The molecule has 1 unspecified atom stereocenters. The van der Waals surface area contributed by atoms with Gasteiger partial charge in [0.15, 0.2) is 0 Å². The van der Waals surface area contributed by atoms with Crippen LogP contribution in [0, 0.1) is 0 Å². The van der Waals surface area contributed by atoms with Crippen LogP contribution >= 0.6 is 0 Å². The minimum atomic E-state index is -4.40. The van der Waals surface area contributed by atoms with E-state index in [0.29, 0.717) is 6.61 Å². The third kappa shape index (κ3) is 5.11. The molecule has 3 nitrogen and oxygen atoms in total. The highest BCUT2D eigenvalue weighted by atomic mass is 19.4. The molecule has 1 atom stereocenters. The number of ether oxygens (including phenoxy) is 1. The molecule has 0 aliphatic heterocycles. The van der Waals surface area contributed by atoms with Crippen molar-refractivity contribution >= 4 is 0 Å². The van der Waals surface area contributed by atoms with Gasteiger partial charge in [-0.05, 0) is 31.5 Å². The van der Waals surface area contributed by atoms with Crippen LogP contribution in [-0.4, -0.2) is 30.9 Å². The molecule has 0 aliphatic carbocycles. The van der Waals surface area contributed by atoms with E-state index >= 15 is 0 Å². The van der Waals surface area contributed by atoms with Gasteiger partial charge < -0.3 is 15.2 Å². The summed E-state index contributed by atoms with van der Waals surface area (Å²) in [5.41, 5.74) is -0.886. The van der Waals surface area contributed by atoms with Crippen molar-refractivity contribution in [2.75, 3.05) is 20.3 Å². The van der Waals surface area contributed by atoms with E-state index < -0.39 is 17.8 Å².